The molecule has 0 aromatic rings. The fraction of sp³-hybridized carbons (Fsp3) is 1.00. The van der Waals surface area contributed by atoms with Crippen molar-refractivity contribution in [3.8, 4) is 0 Å². The molecule has 0 rings (SSSR count). The Kier molecular flexibility index (Phi) is 6.23. The minimum atomic E-state index is -1.87. The summed E-state index contributed by atoms with van der Waals surface area (Å²) in [4.78, 5) is 8.36. The standard InChI is InChI=1S/C6H13O2P/c1-2-3-4-5-6-9(7)8/h2-6H2,1H3/p+1. The van der Waals surface area contributed by atoms with E-state index < -0.39 is 8.03 Å². The molecule has 1 N–H and O–H groups in total. The van der Waals surface area contributed by atoms with Gasteiger partial charge in [-0.15, -0.1) is 0 Å². The molecule has 0 heterocycles. The molecule has 3 heteroatoms. The maximum absolute atomic E-state index is 10.1. The molecule has 0 aliphatic rings. The topological polar surface area (TPSA) is 37.3 Å². The van der Waals surface area contributed by atoms with Crippen LogP contribution in [0, 0.1) is 0 Å². The van der Waals surface area contributed by atoms with Crippen molar-refractivity contribution in [2.24, 2.45) is 0 Å². The van der Waals surface area contributed by atoms with Crippen LogP contribution in [0.3, 0.4) is 0 Å². The van der Waals surface area contributed by atoms with Crippen molar-refractivity contribution in [3.63, 3.8) is 0 Å². The second-order valence-electron chi connectivity index (χ2n) is 2.14. The van der Waals surface area contributed by atoms with E-state index in [1.807, 2.05) is 0 Å². The molecule has 1 atom stereocenters. The molecule has 0 saturated heterocycles. The largest absolute Gasteiger partial charge is 0.505 e. The zero-order chi connectivity index (χ0) is 7.11. The molecule has 0 aromatic heterocycles. The highest BCUT2D eigenvalue weighted by Gasteiger charge is 2.06. The van der Waals surface area contributed by atoms with E-state index in [1.165, 1.54) is 12.8 Å². The Hall–Kier alpha value is 0.0600. The Bertz CT molecular complexity index is 83.1. The van der Waals surface area contributed by atoms with Gasteiger partial charge in [-0.25, -0.2) is 0 Å². The molecule has 0 saturated carbocycles. The first-order valence-electron chi connectivity index (χ1n) is 3.41. The van der Waals surface area contributed by atoms with Crippen LogP contribution in [-0.2, 0) is 4.57 Å². The lowest BCUT2D eigenvalue weighted by Gasteiger charge is -1.88. The van der Waals surface area contributed by atoms with Crippen molar-refractivity contribution < 1.29 is 9.46 Å². The lowest BCUT2D eigenvalue weighted by molar-refractivity contribution is 0.499. The summed E-state index contributed by atoms with van der Waals surface area (Å²) in [5.41, 5.74) is 0. The number of rotatable bonds is 5. The Balaban J connectivity index is 2.83. The second kappa shape index (κ2) is 6.18. The van der Waals surface area contributed by atoms with Gasteiger partial charge in [0.1, 0.15) is 0 Å². The first-order valence-corrected chi connectivity index (χ1v) is 4.80. The molecule has 9 heavy (non-hydrogen) atoms. The van der Waals surface area contributed by atoms with E-state index in [-0.39, 0.29) is 0 Å². The van der Waals surface area contributed by atoms with Crippen LogP contribution in [0.2, 0.25) is 0 Å². The van der Waals surface area contributed by atoms with Gasteiger partial charge in [0.15, 0.2) is 6.16 Å². The van der Waals surface area contributed by atoms with Crippen molar-refractivity contribution in [2.75, 3.05) is 6.16 Å². The van der Waals surface area contributed by atoms with Crippen molar-refractivity contribution in [1.82, 2.24) is 0 Å². The van der Waals surface area contributed by atoms with E-state index in [9.17, 15) is 4.57 Å². The summed E-state index contributed by atoms with van der Waals surface area (Å²) < 4.78 is 10.1. The molecule has 2 nitrogen and oxygen atoms in total. The van der Waals surface area contributed by atoms with E-state index in [0.717, 1.165) is 12.8 Å². The monoisotopic (exact) mass is 149 g/mol. The number of unbranched alkanes of at least 4 members (excludes halogenated alkanes) is 3. The Morgan fingerprint density at radius 3 is 2.44 bits per heavy atom. The molecule has 0 bridgehead atoms. The number of hydrogen-bond donors (Lipinski definition) is 1. The smallest absolute Gasteiger partial charge is 0.161 e. The molecule has 1 unspecified atom stereocenters. The maximum atomic E-state index is 10.1. The van der Waals surface area contributed by atoms with E-state index in [0.29, 0.717) is 6.16 Å². The molecule has 0 aliphatic carbocycles. The van der Waals surface area contributed by atoms with Crippen LogP contribution in [0.4, 0.5) is 0 Å². The van der Waals surface area contributed by atoms with Gasteiger partial charge >= 0.3 is 8.03 Å². The third kappa shape index (κ3) is 8.06. The van der Waals surface area contributed by atoms with Crippen molar-refractivity contribution in [1.29, 1.82) is 0 Å². The molecule has 54 valence electrons. The highest BCUT2D eigenvalue weighted by Crippen LogP contribution is 2.15. The zero-order valence-corrected chi connectivity index (χ0v) is 6.73. The lowest BCUT2D eigenvalue weighted by Crippen LogP contribution is -1.78. The minimum Gasteiger partial charge on any atom is -0.161 e. The Morgan fingerprint density at radius 1 is 1.33 bits per heavy atom. The van der Waals surface area contributed by atoms with Crippen LogP contribution in [0.15, 0.2) is 0 Å². The normalized spacial score (nSPS) is 11.6. The quantitative estimate of drug-likeness (QED) is 0.481. The second-order valence-corrected chi connectivity index (χ2v) is 3.29. The van der Waals surface area contributed by atoms with Gasteiger partial charge in [-0.3, -0.25) is 0 Å². The van der Waals surface area contributed by atoms with Crippen LogP contribution < -0.4 is 0 Å². The molecule has 0 fully saturated rings. The summed E-state index contributed by atoms with van der Waals surface area (Å²) in [6.45, 7) is 2.12. The van der Waals surface area contributed by atoms with Gasteiger partial charge in [0.2, 0.25) is 0 Å². The Morgan fingerprint density at radius 2 is 2.00 bits per heavy atom. The zero-order valence-electron chi connectivity index (χ0n) is 5.84. The van der Waals surface area contributed by atoms with Gasteiger partial charge in [-0.1, -0.05) is 19.8 Å². The van der Waals surface area contributed by atoms with Gasteiger partial charge in [-0.05, 0) is 17.4 Å². The average Bonchev–Trinajstić information content (AvgIpc) is 1.80. The molecule has 0 aromatic carbocycles. The van der Waals surface area contributed by atoms with Gasteiger partial charge in [0, 0.05) is 0 Å². The van der Waals surface area contributed by atoms with Crippen LogP contribution >= 0.6 is 8.03 Å². The predicted molar refractivity (Wildman–Crippen MR) is 38.8 cm³/mol. The highest BCUT2D eigenvalue weighted by molar-refractivity contribution is 7.37. The first kappa shape index (κ1) is 9.06. The van der Waals surface area contributed by atoms with Crippen LogP contribution in [0.5, 0.6) is 0 Å². The maximum Gasteiger partial charge on any atom is 0.505 e. The summed E-state index contributed by atoms with van der Waals surface area (Å²) in [6.07, 6.45) is 4.85. The van der Waals surface area contributed by atoms with E-state index in [4.69, 9.17) is 4.89 Å². The molecule has 0 spiro atoms. The van der Waals surface area contributed by atoms with Crippen LogP contribution in [0.1, 0.15) is 32.6 Å². The van der Waals surface area contributed by atoms with Crippen molar-refractivity contribution in [2.45, 2.75) is 32.6 Å². The fourth-order valence-corrected chi connectivity index (χ4v) is 1.17. The van der Waals surface area contributed by atoms with Crippen molar-refractivity contribution >= 4 is 8.03 Å². The summed E-state index contributed by atoms with van der Waals surface area (Å²) in [5.74, 6) is 0. The summed E-state index contributed by atoms with van der Waals surface area (Å²) in [5, 5.41) is 0. The average molecular weight is 149 g/mol. The molecule has 0 aliphatic heterocycles. The summed E-state index contributed by atoms with van der Waals surface area (Å²) in [6, 6.07) is 0. The Labute approximate surface area is 57.1 Å². The first-order chi connectivity index (χ1) is 4.27. The van der Waals surface area contributed by atoms with Gasteiger partial charge in [0.25, 0.3) is 0 Å². The minimum absolute atomic E-state index is 0.481. The molecule has 0 amide bonds. The predicted octanol–water partition coefficient (Wildman–Crippen LogP) is 2.30. The molecular weight excluding hydrogens is 135 g/mol. The summed E-state index contributed by atoms with van der Waals surface area (Å²) >= 11 is 0. The van der Waals surface area contributed by atoms with Crippen LogP contribution in [0.25, 0.3) is 0 Å². The van der Waals surface area contributed by atoms with E-state index in [1.54, 1.807) is 0 Å². The van der Waals surface area contributed by atoms with Crippen LogP contribution in [-0.4, -0.2) is 11.1 Å². The van der Waals surface area contributed by atoms with Gasteiger partial charge < -0.3 is 0 Å². The third-order valence-corrected chi connectivity index (χ3v) is 1.90. The molecular formula is C6H14O2P+. The molecule has 0 radical (unpaired) electrons. The summed E-state index contributed by atoms with van der Waals surface area (Å²) in [7, 11) is -1.87. The van der Waals surface area contributed by atoms with Crippen molar-refractivity contribution in [3.05, 3.63) is 0 Å². The fourth-order valence-electron chi connectivity index (χ4n) is 0.674. The highest BCUT2D eigenvalue weighted by atomic mass is 31.1. The van der Waals surface area contributed by atoms with E-state index >= 15 is 0 Å². The van der Waals surface area contributed by atoms with E-state index in [2.05, 4.69) is 6.92 Å². The van der Waals surface area contributed by atoms with Gasteiger partial charge in [-0.2, -0.15) is 4.89 Å². The third-order valence-electron chi connectivity index (χ3n) is 1.20. The lowest BCUT2D eigenvalue weighted by atomic mass is 10.2. The SMILES string of the molecule is CCCCCC[P+](=O)O. The van der Waals surface area contributed by atoms with Gasteiger partial charge in [0.05, 0.1) is 0 Å². The number of hydrogen-bond acceptors (Lipinski definition) is 1.